The van der Waals surface area contributed by atoms with Crippen LogP contribution >= 0.6 is 22.7 Å². The molecule has 0 aliphatic rings. The number of thiazole rings is 1. The van der Waals surface area contributed by atoms with E-state index < -0.39 is 12.0 Å². The van der Waals surface area contributed by atoms with E-state index in [-0.39, 0.29) is 5.91 Å². The molecule has 106 valence electrons. The molecule has 0 fully saturated rings. The first-order valence-corrected chi connectivity index (χ1v) is 7.82. The van der Waals surface area contributed by atoms with Crippen LogP contribution in [0.2, 0.25) is 0 Å². The highest BCUT2D eigenvalue weighted by Gasteiger charge is 2.22. The fourth-order valence-electron chi connectivity index (χ4n) is 1.68. The molecule has 1 atom stereocenters. The molecule has 0 aliphatic heterocycles. The minimum absolute atomic E-state index is 0.344. The van der Waals surface area contributed by atoms with Gasteiger partial charge in [0.25, 0.3) is 5.91 Å². The van der Waals surface area contributed by atoms with Crippen molar-refractivity contribution >= 4 is 34.6 Å². The molecule has 0 saturated heterocycles. The van der Waals surface area contributed by atoms with Crippen molar-refractivity contribution in [1.82, 2.24) is 10.3 Å². The van der Waals surface area contributed by atoms with Gasteiger partial charge in [-0.25, -0.2) is 9.78 Å². The number of carbonyl (C=O) groups is 2. The van der Waals surface area contributed by atoms with E-state index in [0.29, 0.717) is 17.0 Å². The number of aliphatic carboxylic acids is 1. The van der Waals surface area contributed by atoms with Crippen molar-refractivity contribution in [3.63, 3.8) is 0 Å². The largest absolute Gasteiger partial charge is 0.480 e. The molecular formula is C13H14N2O3S2. The standard InChI is InChI=1S/C13H14N2O3S2/c1-3-9(13(17)18)15-11(16)10-7(2)14-12(20-10)8-4-5-19-6-8/h4-6,9H,3H2,1-2H3,(H,15,16)(H,17,18). The second-order valence-corrected chi connectivity index (χ2v) is 6.00. The first-order chi connectivity index (χ1) is 9.52. The van der Waals surface area contributed by atoms with Crippen LogP contribution in [-0.2, 0) is 4.79 Å². The zero-order chi connectivity index (χ0) is 14.7. The summed E-state index contributed by atoms with van der Waals surface area (Å²) in [6, 6.07) is 1.07. The maximum absolute atomic E-state index is 12.1. The van der Waals surface area contributed by atoms with Gasteiger partial charge in [0.05, 0.1) is 5.69 Å². The van der Waals surface area contributed by atoms with Gasteiger partial charge in [0, 0.05) is 10.9 Å². The quantitative estimate of drug-likeness (QED) is 0.890. The fourth-order valence-corrected chi connectivity index (χ4v) is 3.36. The van der Waals surface area contributed by atoms with Gasteiger partial charge in [-0.2, -0.15) is 11.3 Å². The second kappa shape index (κ2) is 6.15. The summed E-state index contributed by atoms with van der Waals surface area (Å²) in [6.45, 7) is 3.47. The van der Waals surface area contributed by atoms with E-state index >= 15 is 0 Å². The molecule has 2 N–H and O–H groups in total. The predicted molar refractivity (Wildman–Crippen MR) is 79.3 cm³/mol. The van der Waals surface area contributed by atoms with Gasteiger partial charge in [0.15, 0.2) is 0 Å². The van der Waals surface area contributed by atoms with Crippen molar-refractivity contribution in [3.8, 4) is 10.6 Å². The number of nitrogens with zero attached hydrogens (tertiary/aromatic N) is 1. The van der Waals surface area contributed by atoms with Gasteiger partial charge < -0.3 is 10.4 Å². The van der Waals surface area contributed by atoms with Gasteiger partial charge in [0.2, 0.25) is 0 Å². The van der Waals surface area contributed by atoms with Crippen LogP contribution in [0.15, 0.2) is 16.8 Å². The van der Waals surface area contributed by atoms with Crippen LogP contribution in [-0.4, -0.2) is 28.0 Å². The zero-order valence-electron chi connectivity index (χ0n) is 11.0. The summed E-state index contributed by atoms with van der Waals surface area (Å²) < 4.78 is 0. The minimum atomic E-state index is -1.03. The number of carboxylic acid groups (broad SMARTS) is 1. The third-order valence-electron chi connectivity index (χ3n) is 2.78. The molecule has 20 heavy (non-hydrogen) atoms. The van der Waals surface area contributed by atoms with Crippen molar-refractivity contribution in [1.29, 1.82) is 0 Å². The number of aromatic nitrogens is 1. The summed E-state index contributed by atoms with van der Waals surface area (Å²) >= 11 is 2.84. The van der Waals surface area contributed by atoms with Gasteiger partial charge in [-0.3, -0.25) is 4.79 Å². The summed E-state index contributed by atoms with van der Waals surface area (Å²) in [6.07, 6.45) is 0.344. The van der Waals surface area contributed by atoms with Crippen LogP contribution in [0.5, 0.6) is 0 Å². The molecular weight excluding hydrogens is 296 g/mol. The van der Waals surface area contributed by atoms with E-state index in [2.05, 4.69) is 10.3 Å². The number of carbonyl (C=O) groups excluding carboxylic acids is 1. The van der Waals surface area contributed by atoms with Crippen LogP contribution in [0.3, 0.4) is 0 Å². The zero-order valence-corrected chi connectivity index (χ0v) is 12.7. The third-order valence-corrected chi connectivity index (χ3v) is 4.67. The Morgan fingerprint density at radius 3 is 2.80 bits per heavy atom. The van der Waals surface area contributed by atoms with E-state index in [1.165, 1.54) is 11.3 Å². The predicted octanol–water partition coefficient (Wildman–Crippen LogP) is 2.77. The number of aryl methyl sites for hydroxylation is 1. The fraction of sp³-hybridized carbons (Fsp3) is 0.308. The van der Waals surface area contributed by atoms with Crippen LogP contribution in [0.25, 0.3) is 10.6 Å². The van der Waals surface area contributed by atoms with E-state index in [1.54, 1.807) is 25.2 Å². The average Bonchev–Trinajstić information content (AvgIpc) is 3.03. The maximum Gasteiger partial charge on any atom is 0.326 e. The molecule has 5 nitrogen and oxygen atoms in total. The number of rotatable bonds is 5. The van der Waals surface area contributed by atoms with Crippen molar-refractivity contribution < 1.29 is 14.7 Å². The average molecular weight is 310 g/mol. The second-order valence-electron chi connectivity index (χ2n) is 4.22. The lowest BCUT2D eigenvalue weighted by Crippen LogP contribution is -2.40. The molecule has 2 heterocycles. The monoisotopic (exact) mass is 310 g/mol. The normalized spacial score (nSPS) is 12.1. The molecule has 0 radical (unpaired) electrons. The van der Waals surface area contributed by atoms with E-state index in [4.69, 9.17) is 5.11 Å². The number of thiophene rings is 1. The summed E-state index contributed by atoms with van der Waals surface area (Å²) in [7, 11) is 0. The van der Waals surface area contributed by atoms with Gasteiger partial charge in [0.1, 0.15) is 15.9 Å². The Kier molecular flexibility index (Phi) is 4.51. The van der Waals surface area contributed by atoms with Crippen LogP contribution in [0.4, 0.5) is 0 Å². The van der Waals surface area contributed by atoms with Crippen molar-refractivity contribution in [2.24, 2.45) is 0 Å². The topological polar surface area (TPSA) is 79.3 Å². The highest BCUT2D eigenvalue weighted by Crippen LogP contribution is 2.29. The molecule has 1 unspecified atom stereocenters. The molecule has 2 aromatic rings. The number of nitrogens with one attached hydrogen (secondary N) is 1. The van der Waals surface area contributed by atoms with Crippen molar-refractivity contribution in [2.75, 3.05) is 0 Å². The Morgan fingerprint density at radius 1 is 1.50 bits per heavy atom. The lowest BCUT2D eigenvalue weighted by Gasteiger charge is -2.11. The van der Waals surface area contributed by atoms with Crippen molar-refractivity contribution in [2.45, 2.75) is 26.3 Å². The molecule has 2 aromatic heterocycles. The lowest BCUT2D eigenvalue weighted by atomic mass is 10.2. The van der Waals surface area contributed by atoms with E-state index in [9.17, 15) is 9.59 Å². The van der Waals surface area contributed by atoms with Gasteiger partial charge >= 0.3 is 5.97 Å². The molecule has 0 saturated carbocycles. The Balaban J connectivity index is 2.21. The number of hydrogen-bond donors (Lipinski definition) is 2. The number of amides is 1. The van der Waals surface area contributed by atoms with E-state index in [0.717, 1.165) is 10.6 Å². The third kappa shape index (κ3) is 3.05. The first kappa shape index (κ1) is 14.7. The summed E-state index contributed by atoms with van der Waals surface area (Å²) in [5.74, 6) is -1.41. The highest BCUT2D eigenvalue weighted by molar-refractivity contribution is 7.17. The molecule has 0 aliphatic carbocycles. The van der Waals surface area contributed by atoms with E-state index in [1.807, 2.05) is 16.8 Å². The smallest absolute Gasteiger partial charge is 0.326 e. The molecule has 2 rings (SSSR count). The first-order valence-electron chi connectivity index (χ1n) is 6.06. The summed E-state index contributed by atoms with van der Waals surface area (Å²) in [4.78, 5) is 27.9. The van der Waals surface area contributed by atoms with Crippen LogP contribution in [0.1, 0.15) is 28.7 Å². The number of hydrogen-bond acceptors (Lipinski definition) is 5. The molecule has 1 amide bonds. The van der Waals surface area contributed by atoms with Gasteiger partial charge in [-0.1, -0.05) is 6.92 Å². The Morgan fingerprint density at radius 2 is 2.25 bits per heavy atom. The number of carboxylic acids is 1. The van der Waals surface area contributed by atoms with Gasteiger partial charge in [-0.15, -0.1) is 11.3 Å². The van der Waals surface area contributed by atoms with Crippen molar-refractivity contribution in [3.05, 3.63) is 27.4 Å². The summed E-state index contributed by atoms with van der Waals surface area (Å²) in [5.41, 5.74) is 1.60. The van der Waals surface area contributed by atoms with Gasteiger partial charge in [-0.05, 0) is 24.8 Å². The molecule has 0 aromatic carbocycles. The molecule has 0 spiro atoms. The Bertz CT molecular complexity index is 620. The Hall–Kier alpha value is -1.73. The molecule has 7 heteroatoms. The maximum atomic E-state index is 12.1. The highest BCUT2D eigenvalue weighted by atomic mass is 32.1. The van der Waals surface area contributed by atoms with Crippen LogP contribution < -0.4 is 5.32 Å². The van der Waals surface area contributed by atoms with Crippen LogP contribution in [0, 0.1) is 6.92 Å². The minimum Gasteiger partial charge on any atom is -0.480 e. The lowest BCUT2D eigenvalue weighted by molar-refractivity contribution is -0.139. The summed E-state index contributed by atoms with van der Waals surface area (Å²) in [5, 5.41) is 16.2. The Labute approximate surface area is 124 Å². The molecule has 0 bridgehead atoms. The SMILES string of the molecule is CCC(NC(=O)c1sc(-c2ccsc2)nc1C)C(=O)O.